The van der Waals surface area contributed by atoms with Gasteiger partial charge in [-0.25, -0.2) is 0 Å². The molecule has 2 atom stereocenters. The van der Waals surface area contributed by atoms with Crippen molar-refractivity contribution >= 4 is 17.1 Å². The number of aromatic nitrogens is 1. The van der Waals surface area contributed by atoms with Crippen LogP contribution in [0.4, 0.5) is 0 Å². The molecule has 40 heavy (non-hydrogen) atoms. The van der Waals surface area contributed by atoms with Gasteiger partial charge in [0.25, 0.3) is 0 Å². The lowest BCUT2D eigenvalue weighted by molar-refractivity contribution is -0.113. The van der Waals surface area contributed by atoms with Gasteiger partial charge in [0.05, 0.1) is 11.1 Å². The number of benzene rings is 1. The minimum atomic E-state index is -0.583. The third-order valence-electron chi connectivity index (χ3n) is 8.12. The van der Waals surface area contributed by atoms with Crippen molar-refractivity contribution < 1.29 is 14.3 Å². The zero-order chi connectivity index (χ0) is 28.0. The summed E-state index contributed by atoms with van der Waals surface area (Å²) in [6, 6.07) is 18.4. The first-order valence-corrected chi connectivity index (χ1v) is 15.3. The van der Waals surface area contributed by atoms with Crippen molar-refractivity contribution in [2.45, 2.75) is 56.9 Å². The fourth-order valence-electron chi connectivity index (χ4n) is 6.17. The number of hydrogen-bond donors (Lipinski definition) is 1. The van der Waals surface area contributed by atoms with Gasteiger partial charge < -0.3 is 14.8 Å². The highest BCUT2D eigenvalue weighted by Crippen LogP contribution is 2.39. The molecule has 1 N–H and O–H groups in total. The Morgan fingerprint density at radius 1 is 1.12 bits per heavy atom. The van der Waals surface area contributed by atoms with Crippen LogP contribution in [0, 0.1) is 0 Å². The number of thiophene rings is 1. The Morgan fingerprint density at radius 3 is 2.67 bits per heavy atom. The molecule has 5 rings (SSSR count). The predicted octanol–water partition coefficient (Wildman–Crippen LogP) is 5.20. The molecule has 0 radical (unpaired) electrons. The number of pyridine rings is 1. The molecule has 2 saturated heterocycles. The highest BCUT2D eigenvalue weighted by molar-refractivity contribution is 7.10. The highest BCUT2D eigenvalue weighted by Gasteiger charge is 2.51. The van der Waals surface area contributed by atoms with Crippen LogP contribution >= 0.6 is 11.3 Å². The van der Waals surface area contributed by atoms with Gasteiger partial charge in [-0.05, 0) is 75.1 Å². The van der Waals surface area contributed by atoms with Crippen LogP contribution in [-0.2, 0) is 11.3 Å². The van der Waals surface area contributed by atoms with Gasteiger partial charge in [-0.2, -0.15) is 0 Å². The summed E-state index contributed by atoms with van der Waals surface area (Å²) in [4.78, 5) is 24.5. The lowest BCUT2D eigenvalue weighted by Gasteiger charge is -2.52. The summed E-state index contributed by atoms with van der Waals surface area (Å²) >= 11 is 1.74. The van der Waals surface area contributed by atoms with Crippen LogP contribution in [0.3, 0.4) is 0 Å². The lowest BCUT2D eigenvalue weighted by atomic mass is 9.75. The van der Waals surface area contributed by atoms with E-state index < -0.39 is 5.54 Å². The van der Waals surface area contributed by atoms with Gasteiger partial charge in [-0.3, -0.25) is 19.6 Å². The Labute approximate surface area is 242 Å². The van der Waals surface area contributed by atoms with Crippen molar-refractivity contribution in [3.8, 4) is 5.75 Å². The van der Waals surface area contributed by atoms with E-state index in [0.717, 1.165) is 51.4 Å². The van der Waals surface area contributed by atoms with E-state index in [4.69, 9.17) is 9.47 Å². The summed E-state index contributed by atoms with van der Waals surface area (Å²) in [5, 5.41) is 5.35. The zero-order valence-electron chi connectivity index (χ0n) is 24.0. The average molecular weight is 563 g/mol. The smallest absolute Gasteiger partial charge is 0.201 e. The number of carbonyl (C=O) groups is 1. The topological polar surface area (TPSA) is 66.9 Å². The van der Waals surface area contributed by atoms with Crippen molar-refractivity contribution in [1.29, 1.82) is 0 Å². The first-order valence-electron chi connectivity index (χ1n) is 14.4. The summed E-state index contributed by atoms with van der Waals surface area (Å²) in [6.07, 6.45) is 4.05. The second-order valence-electron chi connectivity index (χ2n) is 11.5. The van der Waals surface area contributed by atoms with E-state index >= 15 is 0 Å². The molecule has 2 aromatic heterocycles. The third-order valence-corrected chi connectivity index (χ3v) is 9.09. The molecule has 7 nitrogen and oxygen atoms in total. The van der Waals surface area contributed by atoms with Crippen LogP contribution in [0.5, 0.6) is 5.75 Å². The fraction of sp³-hybridized carbons (Fsp3) is 0.500. The SMILES string of the molecule is CNCC[C@H](Oc1cccc(CN2CCN(C3(C(=O)c4ccccn4)CCOC(C)(C)C3)CC2)c1)c1cccs1. The Bertz CT molecular complexity index is 1230. The minimum absolute atomic E-state index is 0.0443. The van der Waals surface area contributed by atoms with Gasteiger partial charge in [-0.1, -0.05) is 24.3 Å². The van der Waals surface area contributed by atoms with E-state index in [2.05, 4.69) is 75.7 Å². The average Bonchev–Trinajstić information content (AvgIpc) is 3.50. The van der Waals surface area contributed by atoms with E-state index in [-0.39, 0.29) is 17.5 Å². The monoisotopic (exact) mass is 562 g/mol. The van der Waals surface area contributed by atoms with Gasteiger partial charge in [0.2, 0.25) is 5.78 Å². The molecule has 0 aliphatic carbocycles. The number of Topliss-reactive ketones (excluding diaryl/α,β-unsaturated/α-hetero) is 1. The third kappa shape index (κ3) is 6.81. The second-order valence-corrected chi connectivity index (χ2v) is 12.5. The molecule has 0 spiro atoms. The second kappa shape index (κ2) is 12.9. The standard InChI is InChI=1S/C32H42N4O3S/c1-31(2)24-32(13-20-38-31,30(37)27-10-4-5-14-34-27)36-18-16-35(17-19-36)23-25-8-6-9-26(22-25)39-28(12-15-33-3)29-11-7-21-40-29/h4-11,14,21-22,28,33H,12-13,15-20,23-24H2,1-3H3/t28-,32?/m0/s1. The van der Waals surface area contributed by atoms with Crippen LogP contribution in [0.1, 0.15) is 60.1 Å². The van der Waals surface area contributed by atoms with Crippen LogP contribution in [0.25, 0.3) is 0 Å². The van der Waals surface area contributed by atoms with Crippen molar-refractivity contribution in [1.82, 2.24) is 20.1 Å². The van der Waals surface area contributed by atoms with Gasteiger partial charge in [-0.15, -0.1) is 11.3 Å². The van der Waals surface area contributed by atoms with E-state index in [1.807, 2.05) is 25.2 Å². The summed E-state index contributed by atoms with van der Waals surface area (Å²) in [7, 11) is 1.98. The molecule has 0 saturated carbocycles. The first kappa shape index (κ1) is 28.9. The lowest BCUT2D eigenvalue weighted by Crippen LogP contribution is -2.65. The maximum atomic E-state index is 14.0. The highest BCUT2D eigenvalue weighted by atomic mass is 32.1. The molecule has 8 heteroatoms. The minimum Gasteiger partial charge on any atom is -0.485 e. The van der Waals surface area contributed by atoms with E-state index in [1.54, 1.807) is 17.5 Å². The number of carbonyl (C=O) groups excluding carboxylic acids is 1. The molecule has 0 amide bonds. The number of ketones is 1. The van der Waals surface area contributed by atoms with E-state index in [9.17, 15) is 4.79 Å². The van der Waals surface area contributed by atoms with Crippen LogP contribution in [-0.4, -0.2) is 78.1 Å². The zero-order valence-corrected chi connectivity index (χ0v) is 24.8. The summed E-state index contributed by atoms with van der Waals surface area (Å²) in [5.74, 6) is 1.04. The summed E-state index contributed by atoms with van der Waals surface area (Å²) < 4.78 is 12.5. The number of ether oxygens (including phenoxy) is 2. The van der Waals surface area contributed by atoms with Crippen LogP contribution in [0.15, 0.2) is 66.2 Å². The Kier molecular flexibility index (Phi) is 9.33. The van der Waals surface area contributed by atoms with E-state index in [0.29, 0.717) is 25.1 Å². The first-order chi connectivity index (χ1) is 19.4. The number of piperazine rings is 1. The number of rotatable bonds is 11. The van der Waals surface area contributed by atoms with Crippen molar-refractivity contribution in [3.05, 3.63) is 82.3 Å². The molecular formula is C32H42N4O3S. The van der Waals surface area contributed by atoms with Gasteiger partial charge in [0.1, 0.15) is 17.5 Å². The molecule has 3 aromatic rings. The van der Waals surface area contributed by atoms with Gasteiger partial charge in [0, 0.05) is 63.2 Å². The van der Waals surface area contributed by atoms with Crippen LogP contribution < -0.4 is 10.1 Å². The van der Waals surface area contributed by atoms with Gasteiger partial charge >= 0.3 is 0 Å². The molecule has 4 heterocycles. The van der Waals surface area contributed by atoms with Crippen LogP contribution in [0.2, 0.25) is 0 Å². The Hall–Kier alpha value is -2.62. The Morgan fingerprint density at radius 2 is 1.98 bits per heavy atom. The Balaban J connectivity index is 1.24. The number of nitrogens with one attached hydrogen (secondary N) is 1. The molecule has 1 unspecified atom stereocenters. The molecule has 2 fully saturated rings. The van der Waals surface area contributed by atoms with Gasteiger partial charge in [0.15, 0.2) is 0 Å². The number of hydrogen-bond acceptors (Lipinski definition) is 8. The number of nitrogens with zero attached hydrogens (tertiary/aromatic N) is 3. The van der Waals surface area contributed by atoms with Crippen molar-refractivity contribution in [3.63, 3.8) is 0 Å². The molecule has 1 aromatic carbocycles. The maximum absolute atomic E-state index is 14.0. The molecule has 2 aliphatic rings. The van der Waals surface area contributed by atoms with E-state index in [1.165, 1.54) is 10.4 Å². The molecule has 0 bridgehead atoms. The van der Waals surface area contributed by atoms with Crippen molar-refractivity contribution in [2.24, 2.45) is 0 Å². The predicted molar refractivity (Wildman–Crippen MR) is 160 cm³/mol. The van der Waals surface area contributed by atoms with Crippen molar-refractivity contribution in [2.75, 3.05) is 46.4 Å². The quantitative estimate of drug-likeness (QED) is 0.322. The summed E-state index contributed by atoms with van der Waals surface area (Å²) in [5.41, 5.74) is 0.861. The fourth-order valence-corrected chi connectivity index (χ4v) is 6.95. The largest absolute Gasteiger partial charge is 0.485 e. The molecular weight excluding hydrogens is 520 g/mol. The summed E-state index contributed by atoms with van der Waals surface area (Å²) in [6.45, 7) is 10.0. The molecule has 214 valence electrons. The normalized spacial score (nSPS) is 22.6. The maximum Gasteiger partial charge on any atom is 0.201 e. The molecule has 2 aliphatic heterocycles.